The normalized spacial score (nSPS) is 21.1. The van der Waals surface area contributed by atoms with Crippen LogP contribution < -0.4 is 4.74 Å². The molecule has 5 nitrogen and oxygen atoms in total. The Labute approximate surface area is 223 Å². The third-order valence-corrected chi connectivity index (χ3v) is 9.55. The van der Waals surface area contributed by atoms with E-state index in [9.17, 15) is 18.0 Å². The summed E-state index contributed by atoms with van der Waals surface area (Å²) in [6.07, 6.45) is 3.58. The predicted molar refractivity (Wildman–Crippen MR) is 141 cm³/mol. The van der Waals surface area contributed by atoms with Crippen LogP contribution in [0.5, 0.6) is 5.19 Å². The van der Waals surface area contributed by atoms with Gasteiger partial charge in [0.25, 0.3) is 5.19 Å². The Bertz CT molecular complexity index is 1210. The number of fused-ring (bicyclic) bond motifs is 2. The zero-order chi connectivity index (χ0) is 26.0. The molecule has 2 aromatic heterocycles. The molecule has 1 aliphatic carbocycles. The molecule has 1 fully saturated rings. The fraction of sp³-hybridized carbons (Fsp3) is 0.593. The third kappa shape index (κ3) is 7.09. The quantitative estimate of drug-likeness (QED) is 0.286. The van der Waals surface area contributed by atoms with Crippen LogP contribution in [0.4, 0.5) is 13.2 Å². The highest BCUT2D eigenvalue weighted by Crippen LogP contribution is 2.35. The number of hydrogen-bond donors (Lipinski definition) is 0. The van der Waals surface area contributed by atoms with Crippen LogP contribution >= 0.6 is 22.7 Å². The summed E-state index contributed by atoms with van der Waals surface area (Å²) in [6.45, 7) is 3.52. The number of carbonyl (C=O) groups excluding carboxylic acids is 1. The molecule has 10 heteroatoms. The van der Waals surface area contributed by atoms with Crippen LogP contribution in [0.15, 0.2) is 18.2 Å². The van der Waals surface area contributed by atoms with Crippen molar-refractivity contribution in [3.05, 3.63) is 39.3 Å². The molecular weight excluding hydrogens is 519 g/mol. The number of Topliss-reactive ketones (excluding diaryl/α,β-unsaturated/α-hetero) is 1. The lowest BCUT2D eigenvalue weighted by Gasteiger charge is -2.30. The van der Waals surface area contributed by atoms with Crippen molar-refractivity contribution in [2.24, 2.45) is 11.8 Å². The number of carbonyl (C=O) groups is 1. The molecule has 5 rings (SSSR count). The topological polar surface area (TPSA) is 55.3 Å². The first-order valence-electron chi connectivity index (χ1n) is 13.0. The molecule has 3 aromatic rings. The van der Waals surface area contributed by atoms with Gasteiger partial charge in [-0.25, -0.2) is 9.97 Å². The van der Waals surface area contributed by atoms with Crippen LogP contribution in [0.1, 0.15) is 64.5 Å². The lowest BCUT2D eigenvalue weighted by Crippen LogP contribution is -2.29. The Balaban J connectivity index is 1.03. The van der Waals surface area contributed by atoms with E-state index in [4.69, 9.17) is 4.74 Å². The van der Waals surface area contributed by atoms with E-state index in [0.29, 0.717) is 18.3 Å². The first-order valence-corrected chi connectivity index (χ1v) is 14.7. The van der Waals surface area contributed by atoms with Gasteiger partial charge in [0.05, 0.1) is 20.9 Å². The first-order chi connectivity index (χ1) is 17.7. The van der Waals surface area contributed by atoms with Gasteiger partial charge in [0.2, 0.25) is 0 Å². The number of ketones is 1. The van der Waals surface area contributed by atoms with Crippen LogP contribution in [0.3, 0.4) is 0 Å². The van der Waals surface area contributed by atoms with Crippen molar-refractivity contribution in [3.63, 3.8) is 0 Å². The molecule has 0 bridgehead atoms. The van der Waals surface area contributed by atoms with Crippen molar-refractivity contribution >= 4 is 38.7 Å². The second kappa shape index (κ2) is 11.4. The molecule has 0 spiro atoms. The van der Waals surface area contributed by atoms with Gasteiger partial charge in [-0.3, -0.25) is 4.79 Å². The van der Waals surface area contributed by atoms with Crippen molar-refractivity contribution in [1.82, 2.24) is 14.9 Å². The molecule has 0 saturated heterocycles. The van der Waals surface area contributed by atoms with Crippen molar-refractivity contribution < 1.29 is 22.7 Å². The molecule has 0 radical (unpaired) electrons. The van der Waals surface area contributed by atoms with E-state index < -0.39 is 12.8 Å². The first kappa shape index (κ1) is 26.6. The third-order valence-electron chi connectivity index (χ3n) is 7.55. The minimum absolute atomic E-state index is 0.130. The minimum atomic E-state index is -4.34. The summed E-state index contributed by atoms with van der Waals surface area (Å²) in [4.78, 5) is 25.2. The Morgan fingerprint density at radius 3 is 2.62 bits per heavy atom. The van der Waals surface area contributed by atoms with Gasteiger partial charge in [-0.05, 0) is 69.2 Å². The average molecular weight is 552 g/mol. The zero-order valence-electron chi connectivity index (χ0n) is 21.0. The predicted octanol–water partition coefficient (Wildman–Crippen LogP) is 6.87. The van der Waals surface area contributed by atoms with Gasteiger partial charge in [0, 0.05) is 36.4 Å². The number of nitrogens with zero attached hydrogens (tertiary/aromatic N) is 3. The maximum atomic E-state index is 12.9. The van der Waals surface area contributed by atoms with Gasteiger partial charge in [-0.15, -0.1) is 11.3 Å². The number of aromatic nitrogens is 2. The summed E-state index contributed by atoms with van der Waals surface area (Å²) in [6, 6.07) is 5.88. The highest BCUT2D eigenvalue weighted by molar-refractivity contribution is 7.18. The monoisotopic (exact) mass is 551 g/mol. The number of benzene rings is 1. The number of halogens is 3. The maximum absolute atomic E-state index is 12.9. The lowest BCUT2D eigenvalue weighted by molar-refractivity contribution is -0.153. The SMILES string of the molecule is Cc1nc2ccc(C(=O)CC3CCC(CCN4CCc5nc(OCC(F)(F)F)sc5CC4)CC3)cc2s1. The number of hydrogen-bond acceptors (Lipinski definition) is 7. The molecule has 1 aromatic carbocycles. The molecule has 0 N–H and O–H groups in total. The van der Waals surface area contributed by atoms with E-state index in [-0.39, 0.29) is 11.0 Å². The van der Waals surface area contributed by atoms with Gasteiger partial charge in [-0.1, -0.05) is 24.2 Å². The second-order valence-electron chi connectivity index (χ2n) is 10.3. The smallest absolute Gasteiger partial charge is 0.422 e. The van der Waals surface area contributed by atoms with Gasteiger partial charge >= 0.3 is 6.18 Å². The number of thiazole rings is 2. The molecule has 1 saturated carbocycles. The summed E-state index contributed by atoms with van der Waals surface area (Å²) in [5.74, 6) is 1.41. The molecule has 0 amide bonds. The molecule has 2 aliphatic rings. The summed E-state index contributed by atoms with van der Waals surface area (Å²) < 4.78 is 43.1. The minimum Gasteiger partial charge on any atom is -0.460 e. The van der Waals surface area contributed by atoms with Crippen LogP contribution in [0.2, 0.25) is 0 Å². The highest BCUT2D eigenvalue weighted by atomic mass is 32.1. The molecule has 1 aliphatic heterocycles. The summed E-state index contributed by atoms with van der Waals surface area (Å²) >= 11 is 2.89. The Hall–Kier alpha value is -2.04. The summed E-state index contributed by atoms with van der Waals surface area (Å²) in [5, 5.41) is 1.15. The number of aryl methyl sites for hydroxylation is 1. The lowest BCUT2D eigenvalue weighted by atomic mass is 9.78. The average Bonchev–Trinajstić information content (AvgIpc) is 3.38. The number of ether oxygens (including phenoxy) is 1. The van der Waals surface area contributed by atoms with Crippen LogP contribution in [-0.4, -0.2) is 53.1 Å². The fourth-order valence-corrected chi connectivity index (χ4v) is 7.31. The zero-order valence-corrected chi connectivity index (χ0v) is 22.6. The van der Waals surface area contributed by atoms with Crippen molar-refractivity contribution in [2.75, 3.05) is 26.2 Å². The Morgan fingerprint density at radius 2 is 1.84 bits per heavy atom. The highest BCUT2D eigenvalue weighted by Gasteiger charge is 2.30. The largest absolute Gasteiger partial charge is 0.460 e. The molecular formula is C27H32F3N3O2S2. The fourth-order valence-electron chi connectivity index (χ4n) is 5.50. The summed E-state index contributed by atoms with van der Waals surface area (Å²) in [5.41, 5.74) is 2.66. The van der Waals surface area contributed by atoms with Crippen LogP contribution in [0, 0.1) is 18.8 Å². The van der Waals surface area contributed by atoms with E-state index in [0.717, 1.165) is 83.1 Å². The number of rotatable bonds is 8. The number of alkyl halides is 3. The van der Waals surface area contributed by atoms with Gasteiger partial charge in [-0.2, -0.15) is 13.2 Å². The maximum Gasteiger partial charge on any atom is 0.422 e. The van der Waals surface area contributed by atoms with E-state index in [1.807, 2.05) is 25.1 Å². The van der Waals surface area contributed by atoms with E-state index in [2.05, 4.69) is 14.9 Å². The van der Waals surface area contributed by atoms with E-state index in [1.54, 1.807) is 11.3 Å². The Morgan fingerprint density at radius 1 is 1.08 bits per heavy atom. The van der Waals surface area contributed by atoms with Crippen molar-refractivity contribution in [2.45, 2.75) is 64.5 Å². The van der Waals surface area contributed by atoms with Gasteiger partial charge in [0.1, 0.15) is 0 Å². The molecule has 0 unspecified atom stereocenters. The van der Waals surface area contributed by atoms with Crippen LogP contribution in [0.25, 0.3) is 10.2 Å². The Kier molecular flexibility index (Phi) is 8.16. The van der Waals surface area contributed by atoms with Crippen molar-refractivity contribution in [1.29, 1.82) is 0 Å². The molecule has 200 valence electrons. The van der Waals surface area contributed by atoms with Crippen LogP contribution in [-0.2, 0) is 12.8 Å². The van der Waals surface area contributed by atoms with E-state index in [1.165, 1.54) is 24.2 Å². The summed E-state index contributed by atoms with van der Waals surface area (Å²) in [7, 11) is 0. The molecule has 3 heterocycles. The van der Waals surface area contributed by atoms with Gasteiger partial charge in [0.15, 0.2) is 12.4 Å². The second-order valence-corrected chi connectivity index (χ2v) is 12.6. The molecule has 37 heavy (non-hydrogen) atoms. The van der Waals surface area contributed by atoms with Gasteiger partial charge < -0.3 is 9.64 Å². The standard InChI is InChI=1S/C27H32F3N3O2S2/c1-17-31-21-7-6-20(15-25(21)36-17)23(34)14-19-4-2-18(3-5-19)8-11-33-12-9-22-24(10-13-33)37-26(32-22)35-16-27(28,29)30/h6-7,15,18-19H,2-5,8-14,16H2,1H3. The van der Waals surface area contributed by atoms with E-state index >= 15 is 0 Å². The van der Waals surface area contributed by atoms with Crippen molar-refractivity contribution in [3.8, 4) is 5.19 Å². The molecule has 0 atom stereocenters.